The molecule has 0 bridgehead atoms. The van der Waals surface area contributed by atoms with Crippen molar-refractivity contribution in [3.63, 3.8) is 0 Å². The summed E-state index contributed by atoms with van der Waals surface area (Å²) >= 11 is 0. The maximum atomic E-state index is 13.2. The zero-order chi connectivity index (χ0) is 30.6. The van der Waals surface area contributed by atoms with E-state index in [0.29, 0.717) is 52.0 Å². The quantitative estimate of drug-likeness (QED) is 0.259. The van der Waals surface area contributed by atoms with E-state index in [1.807, 2.05) is 35.2 Å². The largest absolute Gasteiger partial charge is 0.426 e. The number of carbonyl (C=O) groups excluding carboxylic acids is 3. The number of aryl methyl sites for hydroxylation is 2. The maximum Gasteiger partial charge on any atom is 0.426 e. The molecule has 2 heterocycles. The zero-order valence-corrected chi connectivity index (χ0v) is 25.7. The molecule has 0 aromatic heterocycles. The summed E-state index contributed by atoms with van der Waals surface area (Å²) in [5.74, 6) is -0.228. The number of anilines is 1. The first-order chi connectivity index (χ1) is 20.9. The third kappa shape index (κ3) is 9.18. The number of unbranched alkanes of at least 4 members (excludes halogenated alkanes) is 2. The molecule has 2 aromatic carbocycles. The Hall–Kier alpha value is -3.63. The van der Waals surface area contributed by atoms with Crippen LogP contribution in [0.3, 0.4) is 0 Å². The smallest absolute Gasteiger partial charge is 0.354 e. The zero-order valence-electron chi connectivity index (χ0n) is 25.7. The van der Waals surface area contributed by atoms with Crippen molar-refractivity contribution >= 4 is 23.7 Å². The summed E-state index contributed by atoms with van der Waals surface area (Å²) in [5, 5.41) is 10.5. The van der Waals surface area contributed by atoms with E-state index in [2.05, 4.69) is 41.9 Å². The minimum absolute atomic E-state index is 0.0638. The third-order valence-electron chi connectivity index (χ3n) is 8.48. The molecule has 10 heteroatoms. The fourth-order valence-corrected chi connectivity index (χ4v) is 5.98. The van der Waals surface area contributed by atoms with Crippen molar-refractivity contribution in [2.45, 2.75) is 83.7 Å². The van der Waals surface area contributed by atoms with Crippen LogP contribution in [0.1, 0.15) is 68.2 Å². The van der Waals surface area contributed by atoms with Crippen LogP contribution in [0.5, 0.6) is 0 Å². The summed E-state index contributed by atoms with van der Waals surface area (Å²) in [6, 6.07) is 13.4. The normalized spacial score (nSPS) is 16.5. The van der Waals surface area contributed by atoms with Crippen LogP contribution in [-0.2, 0) is 35.3 Å². The summed E-state index contributed by atoms with van der Waals surface area (Å²) < 4.78 is 0. The van der Waals surface area contributed by atoms with Crippen LogP contribution in [0.15, 0.2) is 42.5 Å². The number of amides is 4. The molecular weight excluding hydrogens is 544 g/mol. The van der Waals surface area contributed by atoms with Crippen LogP contribution in [0.4, 0.5) is 15.3 Å². The average molecular weight is 593 g/mol. The second kappa shape index (κ2) is 16.3. The van der Waals surface area contributed by atoms with Gasteiger partial charge in [0.05, 0.1) is 0 Å². The molecule has 0 unspecified atom stereocenters. The van der Waals surface area contributed by atoms with E-state index in [9.17, 15) is 14.4 Å². The SMILES string of the molecule is CCc1ccc(C[C@@H](NC(=O)ON2CCC(N3CCc4ccccc4NC3=O)CC2)C(=O)NCCCCCN)cc1CC. The van der Waals surface area contributed by atoms with Gasteiger partial charge >= 0.3 is 12.1 Å². The number of rotatable bonds is 13. The molecule has 0 saturated carbocycles. The second-order valence-electron chi connectivity index (χ2n) is 11.4. The highest BCUT2D eigenvalue weighted by Gasteiger charge is 2.32. The van der Waals surface area contributed by atoms with Crippen molar-refractivity contribution < 1.29 is 19.2 Å². The van der Waals surface area contributed by atoms with Gasteiger partial charge in [-0.15, -0.1) is 5.06 Å². The molecule has 0 spiro atoms. The number of para-hydroxylation sites is 1. The molecule has 2 aromatic rings. The summed E-state index contributed by atoms with van der Waals surface area (Å²) in [6.07, 6.45) is 6.45. The lowest BCUT2D eigenvalue weighted by molar-refractivity contribution is -0.127. The van der Waals surface area contributed by atoms with Crippen molar-refractivity contribution in [3.8, 4) is 0 Å². The van der Waals surface area contributed by atoms with Crippen molar-refractivity contribution in [3.05, 3.63) is 64.7 Å². The van der Waals surface area contributed by atoms with E-state index in [1.54, 1.807) is 5.06 Å². The first kappa shape index (κ1) is 32.3. The van der Waals surface area contributed by atoms with Gasteiger partial charge < -0.3 is 31.4 Å². The first-order valence-electron chi connectivity index (χ1n) is 15.9. The molecular formula is C33H48N6O4. The Morgan fingerprint density at radius 3 is 2.53 bits per heavy atom. The van der Waals surface area contributed by atoms with Crippen LogP contribution in [0.2, 0.25) is 0 Å². The minimum Gasteiger partial charge on any atom is -0.354 e. The number of nitrogens with one attached hydrogen (secondary N) is 3. The molecule has 234 valence electrons. The molecule has 2 aliphatic heterocycles. The Morgan fingerprint density at radius 2 is 1.79 bits per heavy atom. The van der Waals surface area contributed by atoms with Crippen LogP contribution < -0.4 is 21.7 Å². The minimum atomic E-state index is -0.765. The first-order valence-corrected chi connectivity index (χ1v) is 15.9. The van der Waals surface area contributed by atoms with Crippen molar-refractivity contribution in [1.82, 2.24) is 20.6 Å². The number of fused-ring (bicyclic) bond motifs is 1. The van der Waals surface area contributed by atoms with Gasteiger partial charge in [0, 0.05) is 44.3 Å². The van der Waals surface area contributed by atoms with Gasteiger partial charge in [0.25, 0.3) is 0 Å². The Bertz CT molecular complexity index is 1230. The van der Waals surface area contributed by atoms with Crippen LogP contribution in [0.25, 0.3) is 0 Å². The Balaban J connectivity index is 1.31. The van der Waals surface area contributed by atoms with Gasteiger partial charge in [-0.05, 0) is 79.8 Å². The van der Waals surface area contributed by atoms with Gasteiger partial charge in [-0.1, -0.05) is 56.7 Å². The second-order valence-corrected chi connectivity index (χ2v) is 11.4. The molecule has 2 aliphatic rings. The topological polar surface area (TPSA) is 129 Å². The summed E-state index contributed by atoms with van der Waals surface area (Å²) in [4.78, 5) is 46.7. The van der Waals surface area contributed by atoms with Crippen LogP contribution in [-0.4, -0.2) is 72.8 Å². The Kier molecular flexibility index (Phi) is 12.2. The molecule has 1 atom stereocenters. The highest BCUT2D eigenvalue weighted by molar-refractivity contribution is 5.91. The average Bonchev–Trinajstić information content (AvgIpc) is 3.18. The van der Waals surface area contributed by atoms with Gasteiger partial charge in [0.1, 0.15) is 6.04 Å². The van der Waals surface area contributed by atoms with Crippen molar-refractivity contribution in [2.24, 2.45) is 5.73 Å². The predicted molar refractivity (Wildman–Crippen MR) is 169 cm³/mol. The summed E-state index contributed by atoms with van der Waals surface area (Å²) in [6.45, 7) is 7.09. The Labute approximate surface area is 255 Å². The molecule has 10 nitrogen and oxygen atoms in total. The lowest BCUT2D eigenvalue weighted by atomic mass is 9.96. The fourth-order valence-electron chi connectivity index (χ4n) is 5.98. The summed E-state index contributed by atoms with van der Waals surface area (Å²) in [7, 11) is 0. The third-order valence-corrected chi connectivity index (χ3v) is 8.48. The van der Waals surface area contributed by atoms with Gasteiger partial charge in [0.15, 0.2) is 0 Å². The van der Waals surface area contributed by atoms with Gasteiger partial charge in [-0.25, -0.2) is 9.59 Å². The molecule has 1 fully saturated rings. The van der Waals surface area contributed by atoms with E-state index in [4.69, 9.17) is 10.6 Å². The van der Waals surface area contributed by atoms with E-state index in [1.165, 1.54) is 11.1 Å². The van der Waals surface area contributed by atoms with Gasteiger partial charge in [0.2, 0.25) is 5.91 Å². The highest BCUT2D eigenvalue weighted by Crippen LogP contribution is 2.24. The number of carbonyl (C=O) groups is 3. The van der Waals surface area contributed by atoms with Crippen LogP contribution >= 0.6 is 0 Å². The number of piperidine rings is 1. The van der Waals surface area contributed by atoms with Crippen LogP contribution in [0, 0.1) is 0 Å². The number of hydrogen-bond donors (Lipinski definition) is 4. The highest BCUT2D eigenvalue weighted by atomic mass is 16.7. The predicted octanol–water partition coefficient (Wildman–Crippen LogP) is 4.16. The maximum absolute atomic E-state index is 13.2. The molecule has 4 rings (SSSR count). The van der Waals surface area contributed by atoms with E-state index in [0.717, 1.165) is 55.3 Å². The Morgan fingerprint density at radius 1 is 1.02 bits per heavy atom. The van der Waals surface area contributed by atoms with E-state index in [-0.39, 0.29) is 18.0 Å². The monoisotopic (exact) mass is 592 g/mol. The van der Waals surface area contributed by atoms with Gasteiger partial charge in [-0.2, -0.15) is 0 Å². The molecule has 0 radical (unpaired) electrons. The number of nitrogens with zero attached hydrogens (tertiary/aromatic N) is 2. The number of nitrogens with two attached hydrogens (primary N) is 1. The lowest BCUT2D eigenvalue weighted by Crippen LogP contribution is -2.52. The van der Waals surface area contributed by atoms with Gasteiger partial charge in [-0.3, -0.25) is 4.79 Å². The number of hydrogen-bond acceptors (Lipinski definition) is 6. The fraction of sp³-hybridized carbons (Fsp3) is 0.545. The molecule has 43 heavy (non-hydrogen) atoms. The molecule has 4 amide bonds. The molecule has 5 N–H and O–H groups in total. The molecule has 1 saturated heterocycles. The van der Waals surface area contributed by atoms with E-state index >= 15 is 0 Å². The summed E-state index contributed by atoms with van der Waals surface area (Å²) in [5.41, 5.74) is 11.1. The van der Waals surface area contributed by atoms with Crippen molar-refractivity contribution in [1.29, 1.82) is 0 Å². The lowest BCUT2D eigenvalue weighted by Gasteiger charge is -2.37. The molecule has 0 aliphatic carbocycles. The number of benzene rings is 2. The van der Waals surface area contributed by atoms with Crippen molar-refractivity contribution in [2.75, 3.05) is 38.0 Å². The standard InChI is InChI=1S/C33H48N6O4/c1-3-25-13-12-24(22-26(25)4-2)23-30(31(40)35-18-9-5-8-17-34)37-33(42)43-38-19-15-28(16-20-38)39-21-14-27-10-6-7-11-29(27)36-32(39)41/h6-7,10-13,22,28,30H,3-5,8-9,14-21,23,34H2,1-2H3,(H,35,40)(H,36,41)(H,37,42)/t30-/m1/s1. The van der Waals surface area contributed by atoms with E-state index < -0.39 is 12.1 Å². The number of urea groups is 1. The number of hydroxylamine groups is 2.